The molecule has 0 fully saturated rings. The summed E-state index contributed by atoms with van der Waals surface area (Å²) in [6, 6.07) is -0.156. The lowest BCUT2D eigenvalue weighted by molar-refractivity contribution is 0.303. The Bertz CT molecular complexity index is 301. The van der Waals surface area contributed by atoms with Gasteiger partial charge in [0, 0.05) is 14.0 Å². The maximum absolute atomic E-state index is 8.56. The number of aryl methyl sites for hydroxylation is 1. The van der Waals surface area contributed by atoms with Crippen LogP contribution in [0.5, 0.6) is 0 Å². The van der Waals surface area contributed by atoms with Crippen LogP contribution in [0.25, 0.3) is 0 Å². The van der Waals surface area contributed by atoms with E-state index in [1.807, 2.05) is 13.1 Å². The average Bonchev–Trinajstić information content (AvgIpc) is 2.49. The standard InChI is InChI=1S/C7H10N4O/c1-5(11(3)4-8)7-10-9-6(2)12-7/h5H,1-3H3. The fraction of sp³-hybridized carbons (Fsp3) is 0.571. The van der Waals surface area contributed by atoms with E-state index in [-0.39, 0.29) is 6.04 Å². The van der Waals surface area contributed by atoms with Crippen LogP contribution in [-0.4, -0.2) is 22.1 Å². The average molecular weight is 166 g/mol. The first kappa shape index (κ1) is 8.53. The molecule has 1 rings (SSSR count). The number of aromatic nitrogens is 2. The van der Waals surface area contributed by atoms with Crippen molar-refractivity contribution in [1.29, 1.82) is 5.26 Å². The molecule has 1 unspecified atom stereocenters. The lowest BCUT2D eigenvalue weighted by Crippen LogP contribution is -2.16. The molecule has 12 heavy (non-hydrogen) atoms. The predicted octanol–water partition coefficient (Wildman–Crippen LogP) is 0.852. The van der Waals surface area contributed by atoms with E-state index in [2.05, 4.69) is 10.2 Å². The van der Waals surface area contributed by atoms with Gasteiger partial charge in [-0.1, -0.05) is 0 Å². The van der Waals surface area contributed by atoms with Crippen molar-refractivity contribution in [3.63, 3.8) is 0 Å². The molecule has 64 valence electrons. The number of hydrogen-bond acceptors (Lipinski definition) is 5. The first-order valence-electron chi connectivity index (χ1n) is 3.57. The summed E-state index contributed by atoms with van der Waals surface area (Å²) in [7, 11) is 1.67. The lowest BCUT2D eigenvalue weighted by Gasteiger charge is -2.13. The van der Waals surface area contributed by atoms with Crippen LogP contribution in [0.3, 0.4) is 0 Å². The summed E-state index contributed by atoms with van der Waals surface area (Å²) in [6.07, 6.45) is 1.98. The molecule has 0 radical (unpaired) electrons. The van der Waals surface area contributed by atoms with Crippen molar-refractivity contribution < 1.29 is 4.42 Å². The third-order valence-corrected chi connectivity index (χ3v) is 1.64. The van der Waals surface area contributed by atoms with Gasteiger partial charge in [-0.3, -0.25) is 0 Å². The van der Waals surface area contributed by atoms with Gasteiger partial charge in [-0.2, -0.15) is 5.26 Å². The molecule has 0 N–H and O–H groups in total. The van der Waals surface area contributed by atoms with Crippen LogP contribution in [0.15, 0.2) is 4.42 Å². The highest BCUT2D eigenvalue weighted by molar-refractivity contribution is 4.90. The molecule has 1 aromatic heterocycles. The molecule has 5 nitrogen and oxygen atoms in total. The van der Waals surface area contributed by atoms with Crippen molar-refractivity contribution >= 4 is 0 Å². The SMILES string of the molecule is Cc1nnc(C(C)N(C)C#N)o1. The van der Waals surface area contributed by atoms with Crippen molar-refractivity contribution in [3.05, 3.63) is 11.8 Å². The van der Waals surface area contributed by atoms with Crippen LogP contribution in [0, 0.1) is 18.4 Å². The third kappa shape index (κ3) is 1.53. The normalized spacial score (nSPS) is 12.2. The van der Waals surface area contributed by atoms with Crippen LogP contribution in [0.4, 0.5) is 0 Å². The summed E-state index contributed by atoms with van der Waals surface area (Å²) in [4.78, 5) is 1.45. The van der Waals surface area contributed by atoms with Gasteiger partial charge in [0.15, 0.2) is 6.19 Å². The Morgan fingerprint density at radius 3 is 2.67 bits per heavy atom. The quantitative estimate of drug-likeness (QED) is 0.481. The Morgan fingerprint density at radius 2 is 2.25 bits per heavy atom. The van der Waals surface area contributed by atoms with Gasteiger partial charge in [-0.05, 0) is 6.92 Å². The van der Waals surface area contributed by atoms with Gasteiger partial charge < -0.3 is 9.32 Å². The summed E-state index contributed by atoms with van der Waals surface area (Å²) in [5.41, 5.74) is 0. The van der Waals surface area contributed by atoms with Crippen LogP contribution >= 0.6 is 0 Å². The Balaban J connectivity index is 2.79. The Labute approximate surface area is 70.6 Å². The Morgan fingerprint density at radius 1 is 1.58 bits per heavy atom. The number of nitriles is 1. The van der Waals surface area contributed by atoms with E-state index < -0.39 is 0 Å². The second-order valence-electron chi connectivity index (χ2n) is 2.55. The van der Waals surface area contributed by atoms with Crippen LogP contribution < -0.4 is 0 Å². The smallest absolute Gasteiger partial charge is 0.239 e. The van der Waals surface area contributed by atoms with Gasteiger partial charge in [0.2, 0.25) is 11.8 Å². The lowest BCUT2D eigenvalue weighted by atomic mass is 10.3. The van der Waals surface area contributed by atoms with Crippen LogP contribution in [0.1, 0.15) is 24.7 Å². The van der Waals surface area contributed by atoms with E-state index in [1.54, 1.807) is 14.0 Å². The molecule has 0 saturated carbocycles. The maximum atomic E-state index is 8.56. The third-order valence-electron chi connectivity index (χ3n) is 1.64. The fourth-order valence-corrected chi connectivity index (χ4v) is 0.733. The summed E-state index contributed by atoms with van der Waals surface area (Å²) in [5, 5.41) is 16.0. The number of hydrogen-bond donors (Lipinski definition) is 0. The van der Waals surface area contributed by atoms with E-state index >= 15 is 0 Å². The molecular formula is C7H10N4O. The summed E-state index contributed by atoms with van der Waals surface area (Å²) >= 11 is 0. The Hall–Kier alpha value is -1.57. The second kappa shape index (κ2) is 3.22. The molecule has 0 amide bonds. The zero-order valence-electron chi connectivity index (χ0n) is 7.27. The van der Waals surface area contributed by atoms with Crippen molar-refractivity contribution in [2.45, 2.75) is 19.9 Å². The fourth-order valence-electron chi connectivity index (χ4n) is 0.733. The summed E-state index contributed by atoms with van der Waals surface area (Å²) < 4.78 is 5.15. The zero-order valence-corrected chi connectivity index (χ0v) is 7.27. The van der Waals surface area contributed by atoms with Crippen molar-refractivity contribution in [1.82, 2.24) is 15.1 Å². The number of rotatable bonds is 2. The molecule has 1 heterocycles. The molecule has 1 aromatic rings. The molecule has 0 aromatic carbocycles. The minimum absolute atomic E-state index is 0.156. The van der Waals surface area contributed by atoms with E-state index in [0.717, 1.165) is 0 Å². The largest absolute Gasteiger partial charge is 0.423 e. The number of nitrogens with zero attached hydrogens (tertiary/aromatic N) is 4. The molecule has 0 aliphatic heterocycles. The zero-order chi connectivity index (χ0) is 9.14. The molecule has 1 atom stereocenters. The van der Waals surface area contributed by atoms with Gasteiger partial charge in [0.25, 0.3) is 0 Å². The summed E-state index contributed by atoms with van der Waals surface area (Å²) in [6.45, 7) is 3.55. The van der Waals surface area contributed by atoms with Crippen LogP contribution in [0.2, 0.25) is 0 Å². The van der Waals surface area contributed by atoms with E-state index in [9.17, 15) is 0 Å². The molecule has 0 aliphatic rings. The van der Waals surface area contributed by atoms with Gasteiger partial charge in [0.05, 0.1) is 0 Å². The molecular weight excluding hydrogens is 156 g/mol. The minimum atomic E-state index is -0.156. The highest BCUT2D eigenvalue weighted by Crippen LogP contribution is 2.15. The highest BCUT2D eigenvalue weighted by atomic mass is 16.4. The van der Waals surface area contributed by atoms with Crippen molar-refractivity contribution in [2.24, 2.45) is 0 Å². The minimum Gasteiger partial charge on any atom is -0.423 e. The summed E-state index contributed by atoms with van der Waals surface area (Å²) in [5.74, 6) is 0.986. The van der Waals surface area contributed by atoms with Gasteiger partial charge >= 0.3 is 0 Å². The maximum Gasteiger partial charge on any atom is 0.239 e. The molecule has 0 bridgehead atoms. The van der Waals surface area contributed by atoms with Crippen LogP contribution in [-0.2, 0) is 0 Å². The molecule has 0 spiro atoms. The second-order valence-corrected chi connectivity index (χ2v) is 2.55. The van der Waals surface area contributed by atoms with Gasteiger partial charge in [-0.25, -0.2) is 0 Å². The highest BCUT2D eigenvalue weighted by Gasteiger charge is 2.15. The molecule has 0 saturated heterocycles. The van der Waals surface area contributed by atoms with Gasteiger partial charge in [-0.15, -0.1) is 10.2 Å². The topological polar surface area (TPSA) is 66.0 Å². The predicted molar refractivity (Wildman–Crippen MR) is 40.8 cm³/mol. The first-order valence-corrected chi connectivity index (χ1v) is 3.57. The first-order chi connectivity index (χ1) is 5.65. The van der Waals surface area contributed by atoms with Gasteiger partial charge in [0.1, 0.15) is 6.04 Å². The monoisotopic (exact) mass is 166 g/mol. The molecule has 5 heteroatoms. The van der Waals surface area contributed by atoms with Crippen molar-refractivity contribution in [3.8, 4) is 6.19 Å². The van der Waals surface area contributed by atoms with E-state index in [0.29, 0.717) is 11.8 Å². The van der Waals surface area contributed by atoms with E-state index in [4.69, 9.17) is 9.68 Å². The Kier molecular flexibility index (Phi) is 2.29. The molecule has 0 aliphatic carbocycles. The van der Waals surface area contributed by atoms with Crippen molar-refractivity contribution in [2.75, 3.05) is 7.05 Å². The van der Waals surface area contributed by atoms with E-state index in [1.165, 1.54) is 4.90 Å².